The fourth-order valence-corrected chi connectivity index (χ4v) is 6.97. The van der Waals surface area contributed by atoms with E-state index in [0.29, 0.717) is 17.9 Å². The molecule has 0 spiro atoms. The van der Waals surface area contributed by atoms with E-state index in [0.717, 1.165) is 63.4 Å². The first kappa shape index (κ1) is 31.4. The number of aliphatic hydroxyl groups is 1. The van der Waals surface area contributed by atoms with Crippen LogP contribution in [-0.4, -0.2) is 65.8 Å². The van der Waals surface area contributed by atoms with Crippen molar-refractivity contribution in [2.75, 3.05) is 0 Å². The molecule has 0 aliphatic heterocycles. The van der Waals surface area contributed by atoms with Gasteiger partial charge in [0.15, 0.2) is 0 Å². The van der Waals surface area contributed by atoms with Crippen LogP contribution < -0.4 is 11.1 Å². The number of imidazole rings is 2. The molecule has 4 atom stereocenters. The molecule has 2 aliphatic carbocycles. The summed E-state index contributed by atoms with van der Waals surface area (Å²) in [5, 5.41) is 14.9. The number of H-pyrrole nitrogens is 2. The Morgan fingerprint density at radius 1 is 1.00 bits per heavy atom. The predicted molar refractivity (Wildman–Crippen MR) is 165 cm³/mol. The number of aliphatic hydroxyl groups excluding tert-OH is 1. The van der Waals surface area contributed by atoms with Crippen LogP contribution in [0.25, 0.3) is 0 Å². The normalized spacial score (nSPS) is 18.8. The molecule has 2 aromatic heterocycles. The number of amides is 3. The highest BCUT2D eigenvalue weighted by Gasteiger charge is 2.43. The number of nitrogens with two attached hydrogens (primary N) is 1. The van der Waals surface area contributed by atoms with Gasteiger partial charge in [-0.3, -0.25) is 14.4 Å². The Morgan fingerprint density at radius 2 is 1.73 bits per heavy atom. The Morgan fingerprint density at radius 3 is 2.36 bits per heavy atom. The summed E-state index contributed by atoms with van der Waals surface area (Å²) in [6.45, 7) is 0. The Kier molecular flexibility index (Phi) is 10.8. The minimum atomic E-state index is -1.21. The fourth-order valence-electron chi connectivity index (χ4n) is 6.97. The van der Waals surface area contributed by atoms with Crippen LogP contribution in [-0.2, 0) is 27.2 Å². The monoisotopic (exact) mass is 603 g/mol. The number of primary amides is 1. The summed E-state index contributed by atoms with van der Waals surface area (Å²) in [5.74, 6) is -0.921. The van der Waals surface area contributed by atoms with E-state index in [1.54, 1.807) is 18.6 Å². The lowest BCUT2D eigenvalue weighted by Gasteiger charge is -2.42. The van der Waals surface area contributed by atoms with Crippen LogP contribution in [0.2, 0.25) is 0 Å². The van der Waals surface area contributed by atoms with Gasteiger partial charge in [-0.25, -0.2) is 9.97 Å². The summed E-state index contributed by atoms with van der Waals surface area (Å²) in [6.07, 6.45) is 14.7. The Balaban J connectivity index is 1.56. The number of nitrogens with one attached hydrogen (secondary N) is 3. The summed E-state index contributed by atoms with van der Waals surface area (Å²) in [6, 6.07) is 6.60. The van der Waals surface area contributed by atoms with E-state index < -0.39 is 36.0 Å². The first-order valence-electron chi connectivity index (χ1n) is 16.0. The van der Waals surface area contributed by atoms with E-state index in [9.17, 15) is 19.5 Å². The molecule has 3 amide bonds. The fraction of sp³-hybridized carbons (Fsp3) is 0.545. The molecule has 236 valence electrons. The number of carbonyl (C=O) groups excluding carboxylic acids is 3. The molecule has 3 aromatic rings. The van der Waals surface area contributed by atoms with Gasteiger partial charge in [-0.05, 0) is 30.7 Å². The highest BCUT2D eigenvalue weighted by Crippen LogP contribution is 2.34. The van der Waals surface area contributed by atoms with Crippen molar-refractivity contribution in [1.82, 2.24) is 30.2 Å². The zero-order chi connectivity index (χ0) is 30.9. The minimum Gasteiger partial charge on any atom is -0.383 e. The molecule has 5 rings (SSSR count). The van der Waals surface area contributed by atoms with E-state index in [-0.39, 0.29) is 30.6 Å². The molecule has 11 nitrogen and oxygen atoms in total. The molecule has 0 bridgehead atoms. The number of hydrogen-bond donors (Lipinski definition) is 5. The van der Waals surface area contributed by atoms with Gasteiger partial charge in [0.05, 0.1) is 18.1 Å². The summed E-state index contributed by atoms with van der Waals surface area (Å²) in [4.78, 5) is 57.7. The van der Waals surface area contributed by atoms with Crippen molar-refractivity contribution in [1.29, 1.82) is 0 Å². The molecule has 1 aromatic carbocycles. The van der Waals surface area contributed by atoms with Gasteiger partial charge in [-0.1, -0.05) is 75.3 Å². The zero-order valence-corrected chi connectivity index (χ0v) is 25.2. The van der Waals surface area contributed by atoms with Crippen LogP contribution in [0.4, 0.5) is 0 Å². The van der Waals surface area contributed by atoms with Gasteiger partial charge in [0.1, 0.15) is 24.0 Å². The van der Waals surface area contributed by atoms with Gasteiger partial charge in [0.25, 0.3) is 0 Å². The maximum Gasteiger partial charge on any atom is 0.246 e. The Bertz CT molecular complexity index is 1320. The minimum absolute atomic E-state index is 0.0608. The summed E-state index contributed by atoms with van der Waals surface area (Å²) in [7, 11) is 0. The maximum absolute atomic E-state index is 15.0. The highest BCUT2D eigenvalue weighted by atomic mass is 16.3. The van der Waals surface area contributed by atoms with Gasteiger partial charge in [0, 0.05) is 37.4 Å². The van der Waals surface area contributed by atoms with E-state index in [4.69, 9.17) is 5.73 Å². The van der Waals surface area contributed by atoms with E-state index in [1.165, 1.54) is 11.2 Å². The van der Waals surface area contributed by atoms with E-state index in [1.807, 2.05) is 30.3 Å². The molecule has 2 heterocycles. The third kappa shape index (κ3) is 7.93. The molecular weight excluding hydrogens is 558 g/mol. The number of nitrogens with zero attached hydrogens (tertiary/aromatic N) is 3. The number of aromatic nitrogens is 4. The van der Waals surface area contributed by atoms with Crippen LogP contribution >= 0.6 is 0 Å². The number of rotatable bonds is 14. The Hall–Kier alpha value is -3.99. The first-order valence-corrected chi connectivity index (χ1v) is 16.0. The maximum atomic E-state index is 15.0. The first-order chi connectivity index (χ1) is 21.4. The van der Waals surface area contributed by atoms with Crippen molar-refractivity contribution in [3.63, 3.8) is 0 Å². The number of benzene rings is 1. The quantitative estimate of drug-likeness (QED) is 0.189. The summed E-state index contributed by atoms with van der Waals surface area (Å²) in [5.41, 5.74) is 7.50. The molecule has 2 aliphatic rings. The molecule has 2 fully saturated rings. The topological polar surface area (TPSA) is 170 Å². The second-order valence-corrected chi connectivity index (χ2v) is 12.4. The van der Waals surface area contributed by atoms with E-state index in [2.05, 4.69) is 25.3 Å². The van der Waals surface area contributed by atoms with Crippen LogP contribution in [0, 0.1) is 11.8 Å². The summed E-state index contributed by atoms with van der Waals surface area (Å²) < 4.78 is 0. The molecule has 44 heavy (non-hydrogen) atoms. The SMILES string of the molecule is NC(=O)[C@H](Cc1c[nH]cn1)N(C(=O)[C@H](Cc1ccccc1)NC(=O)C1CCCC1)[C@@H](CC1CCCCC1)[C@@H](O)c1ncc[nH]1. The van der Waals surface area contributed by atoms with Crippen molar-refractivity contribution in [2.45, 2.75) is 101 Å². The number of hydrogen-bond acceptors (Lipinski definition) is 6. The molecule has 11 heteroatoms. The third-order valence-corrected chi connectivity index (χ3v) is 9.32. The van der Waals surface area contributed by atoms with Gasteiger partial charge >= 0.3 is 0 Å². The van der Waals surface area contributed by atoms with Crippen LogP contribution in [0.15, 0.2) is 55.2 Å². The Labute approximate surface area is 258 Å². The standard InChI is InChI=1S/C33H45N7O4/c34-30(42)28(19-25-20-35-21-38-25)40(27(18-23-11-5-2-6-12-23)29(41)31-36-15-16-37-31)33(44)26(17-22-9-3-1-4-10-22)39-32(43)24-13-7-8-14-24/h1,3-4,9-10,15-16,20-21,23-24,26-29,41H,2,5-8,11-14,17-19H2,(H2,34,42)(H,35,38)(H,36,37)(H,39,43)/t26-,27-,28-,29+/m0/s1. The summed E-state index contributed by atoms with van der Waals surface area (Å²) >= 11 is 0. The lowest BCUT2D eigenvalue weighted by atomic mass is 9.82. The van der Waals surface area contributed by atoms with Gasteiger partial charge < -0.3 is 31.0 Å². The lowest BCUT2D eigenvalue weighted by Crippen LogP contribution is -2.61. The second-order valence-electron chi connectivity index (χ2n) is 12.4. The van der Waals surface area contributed by atoms with Crippen molar-refractivity contribution < 1.29 is 19.5 Å². The molecule has 0 saturated heterocycles. The average molecular weight is 604 g/mol. The van der Waals surface area contributed by atoms with Crippen LogP contribution in [0.5, 0.6) is 0 Å². The number of carbonyl (C=O) groups is 3. The largest absolute Gasteiger partial charge is 0.383 e. The van der Waals surface area contributed by atoms with E-state index >= 15 is 0 Å². The number of aromatic amines is 2. The zero-order valence-electron chi connectivity index (χ0n) is 25.2. The van der Waals surface area contributed by atoms with Crippen molar-refractivity contribution in [3.8, 4) is 0 Å². The lowest BCUT2D eigenvalue weighted by molar-refractivity contribution is -0.149. The predicted octanol–water partition coefficient (Wildman–Crippen LogP) is 3.35. The van der Waals surface area contributed by atoms with Crippen molar-refractivity contribution in [3.05, 3.63) is 72.3 Å². The average Bonchev–Trinajstić information content (AvgIpc) is 3.85. The van der Waals surface area contributed by atoms with Crippen LogP contribution in [0.3, 0.4) is 0 Å². The van der Waals surface area contributed by atoms with Gasteiger partial charge in [-0.15, -0.1) is 0 Å². The second kappa shape index (κ2) is 15.1. The molecule has 0 radical (unpaired) electrons. The smallest absolute Gasteiger partial charge is 0.246 e. The van der Waals surface area contributed by atoms with Gasteiger partial charge in [-0.2, -0.15) is 0 Å². The van der Waals surface area contributed by atoms with Crippen molar-refractivity contribution in [2.24, 2.45) is 17.6 Å². The van der Waals surface area contributed by atoms with Crippen molar-refractivity contribution >= 4 is 17.7 Å². The molecular formula is C33H45N7O4. The highest BCUT2D eigenvalue weighted by molar-refractivity contribution is 5.92. The third-order valence-electron chi connectivity index (χ3n) is 9.32. The molecule has 6 N–H and O–H groups in total. The molecule has 2 saturated carbocycles. The van der Waals surface area contributed by atoms with Gasteiger partial charge in [0.2, 0.25) is 17.7 Å². The molecule has 0 unspecified atom stereocenters. The van der Waals surface area contributed by atoms with Crippen LogP contribution in [0.1, 0.15) is 87.4 Å².